The van der Waals surface area contributed by atoms with Crippen LogP contribution in [0.2, 0.25) is 0 Å². The van der Waals surface area contributed by atoms with Crippen molar-refractivity contribution >= 4 is 17.3 Å². The zero-order valence-electron chi connectivity index (χ0n) is 15.3. The minimum Gasteiger partial charge on any atom is -0.379 e. The Kier molecular flexibility index (Phi) is 4.39. The van der Waals surface area contributed by atoms with Gasteiger partial charge in [-0.1, -0.05) is 18.2 Å². The second-order valence-electron chi connectivity index (χ2n) is 6.88. The number of hydrogen-bond acceptors (Lipinski definition) is 3. The van der Waals surface area contributed by atoms with Crippen LogP contribution in [-0.4, -0.2) is 22.2 Å². The summed E-state index contributed by atoms with van der Waals surface area (Å²) in [7, 11) is 0. The highest BCUT2D eigenvalue weighted by Gasteiger charge is 2.31. The van der Waals surface area contributed by atoms with E-state index in [1.54, 1.807) is 21.7 Å². The summed E-state index contributed by atoms with van der Waals surface area (Å²) in [5.74, 6) is -0.430. The number of fused-ring (bicyclic) bond motifs is 1. The Hall–Kier alpha value is -3.15. The van der Waals surface area contributed by atoms with Gasteiger partial charge < -0.3 is 10.2 Å². The number of para-hydroxylation sites is 1. The highest BCUT2D eigenvalue weighted by Crippen LogP contribution is 2.27. The highest BCUT2D eigenvalue weighted by atomic mass is 19.1. The fourth-order valence-electron chi connectivity index (χ4n) is 3.39. The molecule has 1 aliphatic heterocycles. The molecule has 1 aliphatic rings. The summed E-state index contributed by atoms with van der Waals surface area (Å²) in [5.41, 5.74) is 4.28. The number of carbonyl (C=O) groups is 1. The quantitative estimate of drug-likeness (QED) is 0.756. The fraction of sp³-hybridized carbons (Fsp3) is 0.238. The van der Waals surface area contributed by atoms with Gasteiger partial charge in [0.25, 0.3) is 5.91 Å². The van der Waals surface area contributed by atoms with Gasteiger partial charge in [-0.25, -0.2) is 4.39 Å². The SMILES string of the molecule is Cc1ccccc1NCc1cc2n(n1)[C@@H](C)CN(c1ccc(F)cc1)C2=O. The van der Waals surface area contributed by atoms with Gasteiger partial charge in [0.1, 0.15) is 11.5 Å². The van der Waals surface area contributed by atoms with Gasteiger partial charge in [0.05, 0.1) is 18.3 Å². The summed E-state index contributed by atoms with van der Waals surface area (Å²) in [4.78, 5) is 14.6. The van der Waals surface area contributed by atoms with Crippen molar-refractivity contribution in [1.29, 1.82) is 0 Å². The maximum Gasteiger partial charge on any atom is 0.276 e. The third kappa shape index (κ3) is 3.30. The summed E-state index contributed by atoms with van der Waals surface area (Å²) < 4.78 is 15.0. The molecule has 138 valence electrons. The van der Waals surface area contributed by atoms with Crippen LogP contribution in [0.3, 0.4) is 0 Å². The largest absolute Gasteiger partial charge is 0.379 e. The normalized spacial score (nSPS) is 16.3. The van der Waals surface area contributed by atoms with Crippen LogP contribution in [0.5, 0.6) is 0 Å². The maximum atomic E-state index is 13.2. The zero-order chi connectivity index (χ0) is 19.0. The van der Waals surface area contributed by atoms with Crippen molar-refractivity contribution in [3.8, 4) is 0 Å². The summed E-state index contributed by atoms with van der Waals surface area (Å²) in [6.45, 7) is 5.12. The van der Waals surface area contributed by atoms with E-state index in [4.69, 9.17) is 0 Å². The molecular weight excluding hydrogens is 343 g/mol. The Morgan fingerprint density at radius 1 is 1.19 bits per heavy atom. The predicted octanol–water partition coefficient (Wildman–Crippen LogP) is 4.16. The van der Waals surface area contributed by atoms with Gasteiger partial charge in [0.2, 0.25) is 0 Å². The van der Waals surface area contributed by atoms with Crippen molar-refractivity contribution in [2.75, 3.05) is 16.8 Å². The first-order valence-corrected chi connectivity index (χ1v) is 8.98. The highest BCUT2D eigenvalue weighted by molar-refractivity contribution is 6.05. The zero-order valence-corrected chi connectivity index (χ0v) is 15.3. The number of nitrogens with zero attached hydrogens (tertiary/aromatic N) is 3. The van der Waals surface area contributed by atoms with Crippen molar-refractivity contribution < 1.29 is 9.18 Å². The minimum absolute atomic E-state index is 0.0370. The van der Waals surface area contributed by atoms with Crippen molar-refractivity contribution in [2.24, 2.45) is 0 Å². The lowest BCUT2D eigenvalue weighted by atomic mass is 10.1. The molecule has 5 nitrogen and oxygen atoms in total. The van der Waals surface area contributed by atoms with Gasteiger partial charge in [0, 0.05) is 17.9 Å². The van der Waals surface area contributed by atoms with E-state index in [9.17, 15) is 9.18 Å². The lowest BCUT2D eigenvalue weighted by molar-refractivity contribution is 0.0953. The third-order valence-electron chi connectivity index (χ3n) is 4.86. The van der Waals surface area contributed by atoms with Gasteiger partial charge in [-0.15, -0.1) is 0 Å². The lowest BCUT2D eigenvalue weighted by Crippen LogP contribution is -2.42. The van der Waals surface area contributed by atoms with E-state index >= 15 is 0 Å². The number of rotatable bonds is 4. The monoisotopic (exact) mass is 364 g/mol. The van der Waals surface area contributed by atoms with E-state index < -0.39 is 0 Å². The molecule has 2 aromatic carbocycles. The van der Waals surface area contributed by atoms with Crippen molar-refractivity contribution in [1.82, 2.24) is 9.78 Å². The molecule has 6 heteroatoms. The number of carbonyl (C=O) groups excluding carboxylic acids is 1. The molecule has 27 heavy (non-hydrogen) atoms. The maximum absolute atomic E-state index is 13.2. The third-order valence-corrected chi connectivity index (χ3v) is 4.86. The molecule has 4 rings (SSSR count). The van der Waals surface area contributed by atoms with E-state index in [1.165, 1.54) is 12.1 Å². The molecular formula is C21H21FN4O. The van der Waals surface area contributed by atoms with E-state index in [0.29, 0.717) is 24.5 Å². The second kappa shape index (κ2) is 6.87. The van der Waals surface area contributed by atoms with Crippen LogP contribution in [0.25, 0.3) is 0 Å². The van der Waals surface area contributed by atoms with Crippen LogP contribution in [0, 0.1) is 12.7 Å². The molecule has 2 heterocycles. The first-order valence-electron chi connectivity index (χ1n) is 8.98. The molecule has 0 fully saturated rings. The Morgan fingerprint density at radius 3 is 2.67 bits per heavy atom. The average molecular weight is 364 g/mol. The number of nitrogens with one attached hydrogen (secondary N) is 1. The standard InChI is InChI=1S/C21H21FN4O/c1-14-5-3-4-6-19(14)23-12-17-11-20-21(27)25(13-15(2)26(20)24-17)18-9-7-16(22)8-10-18/h3-11,15,23H,12-13H2,1-2H3/t15-/m0/s1. The summed E-state index contributed by atoms with van der Waals surface area (Å²) in [5, 5.41) is 7.99. The Morgan fingerprint density at radius 2 is 1.93 bits per heavy atom. The first-order chi connectivity index (χ1) is 13.0. The average Bonchev–Trinajstić information content (AvgIpc) is 3.10. The number of hydrogen-bond donors (Lipinski definition) is 1. The Balaban J connectivity index is 1.56. The number of benzene rings is 2. The topological polar surface area (TPSA) is 50.2 Å². The van der Waals surface area contributed by atoms with Crippen molar-refractivity contribution in [3.05, 3.63) is 77.4 Å². The second-order valence-corrected chi connectivity index (χ2v) is 6.88. The van der Waals surface area contributed by atoms with Crippen LogP contribution in [-0.2, 0) is 6.54 Å². The minimum atomic E-state index is -0.314. The summed E-state index contributed by atoms with van der Waals surface area (Å²) in [6, 6.07) is 15.9. The molecule has 1 amide bonds. The Labute approximate surface area is 157 Å². The van der Waals surface area contributed by atoms with Gasteiger partial charge in [-0.05, 0) is 55.8 Å². The molecule has 0 radical (unpaired) electrons. The molecule has 1 atom stereocenters. The smallest absolute Gasteiger partial charge is 0.276 e. The molecule has 0 aliphatic carbocycles. The summed E-state index contributed by atoms with van der Waals surface area (Å²) >= 11 is 0. The van der Waals surface area contributed by atoms with Gasteiger partial charge >= 0.3 is 0 Å². The number of aromatic nitrogens is 2. The molecule has 0 spiro atoms. The number of amides is 1. The van der Waals surface area contributed by atoms with Crippen LogP contribution >= 0.6 is 0 Å². The van der Waals surface area contributed by atoms with E-state index in [-0.39, 0.29) is 17.8 Å². The Bertz CT molecular complexity index is 980. The molecule has 0 saturated heterocycles. The van der Waals surface area contributed by atoms with E-state index in [0.717, 1.165) is 16.9 Å². The summed E-state index contributed by atoms with van der Waals surface area (Å²) in [6.07, 6.45) is 0. The van der Waals surface area contributed by atoms with Crippen molar-refractivity contribution in [2.45, 2.75) is 26.4 Å². The van der Waals surface area contributed by atoms with Crippen LogP contribution in [0.4, 0.5) is 15.8 Å². The van der Waals surface area contributed by atoms with Crippen LogP contribution < -0.4 is 10.2 Å². The van der Waals surface area contributed by atoms with Gasteiger partial charge in [-0.3, -0.25) is 9.48 Å². The molecule has 0 saturated carbocycles. The molecule has 3 aromatic rings. The van der Waals surface area contributed by atoms with Crippen LogP contribution in [0.15, 0.2) is 54.6 Å². The van der Waals surface area contributed by atoms with E-state index in [2.05, 4.69) is 10.4 Å². The molecule has 0 unspecified atom stereocenters. The molecule has 1 N–H and O–H groups in total. The van der Waals surface area contributed by atoms with Gasteiger partial charge in [0.15, 0.2) is 0 Å². The van der Waals surface area contributed by atoms with Crippen LogP contribution in [0.1, 0.15) is 34.7 Å². The molecule has 1 aromatic heterocycles. The lowest BCUT2D eigenvalue weighted by Gasteiger charge is -2.31. The first kappa shape index (κ1) is 17.3. The van der Waals surface area contributed by atoms with Crippen molar-refractivity contribution in [3.63, 3.8) is 0 Å². The van der Waals surface area contributed by atoms with Gasteiger partial charge in [-0.2, -0.15) is 5.10 Å². The number of anilines is 2. The number of halogens is 1. The fourth-order valence-corrected chi connectivity index (χ4v) is 3.39. The molecule has 0 bridgehead atoms. The van der Waals surface area contributed by atoms with E-state index in [1.807, 2.05) is 44.2 Å². The predicted molar refractivity (Wildman–Crippen MR) is 104 cm³/mol. The number of aryl methyl sites for hydroxylation is 1.